The van der Waals surface area contributed by atoms with Gasteiger partial charge in [-0.15, -0.1) is 0 Å². The smallest absolute Gasteiger partial charge is 0.163 e. The lowest BCUT2D eigenvalue weighted by Crippen LogP contribution is -2.30. The highest BCUT2D eigenvalue weighted by Crippen LogP contribution is 2.29. The van der Waals surface area contributed by atoms with Crippen molar-refractivity contribution in [3.05, 3.63) is 29.8 Å². The van der Waals surface area contributed by atoms with E-state index in [1.54, 1.807) is 7.11 Å². The van der Waals surface area contributed by atoms with E-state index >= 15 is 0 Å². The van der Waals surface area contributed by atoms with Gasteiger partial charge in [0.1, 0.15) is 11.9 Å². The Morgan fingerprint density at radius 1 is 1.35 bits per heavy atom. The monoisotopic (exact) mass is 237 g/mol. The van der Waals surface area contributed by atoms with Crippen molar-refractivity contribution >= 4 is 0 Å². The van der Waals surface area contributed by atoms with Gasteiger partial charge < -0.3 is 19.9 Å². The highest BCUT2D eigenvalue weighted by molar-refractivity contribution is 5.29. The van der Waals surface area contributed by atoms with E-state index in [1.807, 2.05) is 38.1 Å². The largest absolute Gasteiger partial charge is 0.497 e. The third-order valence-corrected chi connectivity index (χ3v) is 2.93. The van der Waals surface area contributed by atoms with E-state index in [1.165, 1.54) is 0 Å². The zero-order valence-electron chi connectivity index (χ0n) is 10.5. The quantitative estimate of drug-likeness (QED) is 0.871. The molecular weight excluding hydrogens is 218 g/mol. The van der Waals surface area contributed by atoms with Gasteiger partial charge in [-0.2, -0.15) is 0 Å². The molecule has 1 heterocycles. The molecule has 1 aromatic carbocycles. The Morgan fingerprint density at radius 3 is 2.47 bits per heavy atom. The van der Waals surface area contributed by atoms with Gasteiger partial charge in [0.25, 0.3) is 0 Å². The number of benzene rings is 1. The maximum atomic E-state index is 6.17. The molecule has 0 radical (unpaired) electrons. The first-order valence-electron chi connectivity index (χ1n) is 5.73. The van der Waals surface area contributed by atoms with Crippen molar-refractivity contribution in [2.24, 2.45) is 5.73 Å². The van der Waals surface area contributed by atoms with Crippen LogP contribution in [0.25, 0.3) is 0 Å². The summed E-state index contributed by atoms with van der Waals surface area (Å²) < 4.78 is 16.4. The molecular formula is C13H19NO3. The van der Waals surface area contributed by atoms with Crippen molar-refractivity contribution in [1.29, 1.82) is 0 Å². The molecule has 17 heavy (non-hydrogen) atoms. The van der Waals surface area contributed by atoms with E-state index in [0.717, 1.165) is 11.3 Å². The second kappa shape index (κ2) is 4.64. The summed E-state index contributed by atoms with van der Waals surface area (Å²) in [5, 5.41) is 0. The van der Waals surface area contributed by atoms with Crippen LogP contribution in [0.2, 0.25) is 0 Å². The number of methoxy groups -OCH3 is 1. The summed E-state index contributed by atoms with van der Waals surface area (Å²) >= 11 is 0. The number of nitrogens with two attached hydrogens (primary N) is 1. The molecule has 1 fully saturated rings. The topological polar surface area (TPSA) is 53.7 Å². The van der Waals surface area contributed by atoms with Crippen LogP contribution in [0.1, 0.15) is 25.5 Å². The highest BCUT2D eigenvalue weighted by atomic mass is 16.7. The first kappa shape index (κ1) is 12.4. The van der Waals surface area contributed by atoms with Gasteiger partial charge in [-0.05, 0) is 31.5 Å². The van der Waals surface area contributed by atoms with Crippen LogP contribution >= 0.6 is 0 Å². The molecule has 1 aliphatic heterocycles. The van der Waals surface area contributed by atoms with Crippen LogP contribution in [-0.4, -0.2) is 25.6 Å². The lowest BCUT2D eigenvalue weighted by molar-refractivity contribution is -0.140. The van der Waals surface area contributed by atoms with Crippen LogP contribution in [0, 0.1) is 0 Å². The lowest BCUT2D eigenvalue weighted by atomic mass is 10.0. The van der Waals surface area contributed by atoms with Crippen molar-refractivity contribution in [1.82, 2.24) is 0 Å². The average molecular weight is 237 g/mol. The van der Waals surface area contributed by atoms with Gasteiger partial charge in [0, 0.05) is 0 Å². The first-order chi connectivity index (χ1) is 8.02. The summed E-state index contributed by atoms with van der Waals surface area (Å²) in [5.74, 6) is 0.291. The molecule has 0 aromatic heterocycles. The van der Waals surface area contributed by atoms with Crippen LogP contribution in [0.4, 0.5) is 0 Å². The van der Waals surface area contributed by atoms with E-state index in [9.17, 15) is 0 Å². The Labute approximate surface area is 102 Å². The molecule has 0 saturated carbocycles. The predicted octanol–water partition coefficient (Wildman–Crippen LogP) is 1.85. The van der Waals surface area contributed by atoms with E-state index in [2.05, 4.69) is 0 Å². The van der Waals surface area contributed by atoms with Gasteiger partial charge in [0.05, 0.1) is 19.8 Å². The molecule has 1 aliphatic rings. The second-order valence-electron chi connectivity index (χ2n) is 4.67. The summed E-state index contributed by atoms with van der Waals surface area (Å²) in [6.07, 6.45) is -0.0987. The molecule has 4 heteroatoms. The maximum Gasteiger partial charge on any atom is 0.163 e. The zero-order valence-corrected chi connectivity index (χ0v) is 10.5. The average Bonchev–Trinajstić information content (AvgIpc) is 2.69. The van der Waals surface area contributed by atoms with Gasteiger partial charge in [0.2, 0.25) is 0 Å². The SMILES string of the molecule is COc1ccc([C@@H](N)[C@H]2COC(C)(C)O2)cc1. The maximum absolute atomic E-state index is 6.17. The van der Waals surface area contributed by atoms with Crippen molar-refractivity contribution in [2.45, 2.75) is 31.8 Å². The van der Waals surface area contributed by atoms with Gasteiger partial charge in [0.15, 0.2) is 5.79 Å². The third-order valence-electron chi connectivity index (χ3n) is 2.93. The fraction of sp³-hybridized carbons (Fsp3) is 0.538. The minimum atomic E-state index is -0.533. The minimum absolute atomic E-state index is 0.0987. The van der Waals surface area contributed by atoms with E-state index in [-0.39, 0.29) is 12.1 Å². The number of hydrogen-bond donors (Lipinski definition) is 1. The van der Waals surface area contributed by atoms with Crippen LogP contribution in [0.5, 0.6) is 5.75 Å². The van der Waals surface area contributed by atoms with Crippen LogP contribution in [-0.2, 0) is 9.47 Å². The number of hydrogen-bond acceptors (Lipinski definition) is 4. The van der Waals surface area contributed by atoms with Gasteiger partial charge >= 0.3 is 0 Å². The van der Waals surface area contributed by atoms with E-state index in [4.69, 9.17) is 19.9 Å². The molecule has 94 valence electrons. The van der Waals surface area contributed by atoms with Gasteiger partial charge in [-0.3, -0.25) is 0 Å². The Balaban J connectivity index is 2.06. The van der Waals surface area contributed by atoms with Crippen molar-refractivity contribution in [3.8, 4) is 5.75 Å². The van der Waals surface area contributed by atoms with E-state index in [0.29, 0.717) is 6.61 Å². The standard InChI is InChI=1S/C13H19NO3/c1-13(2)16-8-11(17-13)12(14)9-4-6-10(15-3)7-5-9/h4-7,11-12H,8,14H2,1-3H3/t11-,12-/m1/s1. The van der Waals surface area contributed by atoms with Gasteiger partial charge in [-0.1, -0.05) is 12.1 Å². The molecule has 1 aromatic rings. The molecule has 4 nitrogen and oxygen atoms in total. The molecule has 0 unspecified atom stereocenters. The molecule has 2 N–H and O–H groups in total. The number of ether oxygens (including phenoxy) is 3. The Bertz CT molecular complexity index is 375. The molecule has 0 spiro atoms. The molecule has 0 amide bonds. The Morgan fingerprint density at radius 2 is 2.00 bits per heavy atom. The van der Waals surface area contributed by atoms with Crippen LogP contribution in [0.15, 0.2) is 24.3 Å². The first-order valence-corrected chi connectivity index (χ1v) is 5.73. The van der Waals surface area contributed by atoms with Crippen LogP contribution in [0.3, 0.4) is 0 Å². The minimum Gasteiger partial charge on any atom is -0.497 e. The van der Waals surface area contributed by atoms with E-state index < -0.39 is 5.79 Å². The zero-order chi connectivity index (χ0) is 12.5. The summed E-state index contributed by atoms with van der Waals surface area (Å²) in [4.78, 5) is 0. The highest BCUT2D eigenvalue weighted by Gasteiger charge is 2.36. The molecule has 0 bridgehead atoms. The molecule has 0 aliphatic carbocycles. The Kier molecular flexibility index (Phi) is 3.38. The molecule has 1 saturated heterocycles. The molecule has 2 atom stereocenters. The summed E-state index contributed by atoms with van der Waals surface area (Å²) in [7, 11) is 1.64. The summed E-state index contributed by atoms with van der Waals surface area (Å²) in [6.45, 7) is 4.32. The van der Waals surface area contributed by atoms with Crippen LogP contribution < -0.4 is 10.5 Å². The fourth-order valence-electron chi connectivity index (χ4n) is 1.93. The van der Waals surface area contributed by atoms with Gasteiger partial charge in [-0.25, -0.2) is 0 Å². The third kappa shape index (κ3) is 2.77. The predicted molar refractivity (Wildman–Crippen MR) is 64.8 cm³/mol. The number of rotatable bonds is 3. The summed E-state index contributed by atoms with van der Waals surface area (Å²) in [6, 6.07) is 7.53. The van der Waals surface area contributed by atoms with Crippen molar-refractivity contribution in [2.75, 3.05) is 13.7 Å². The Hall–Kier alpha value is -1.10. The fourth-order valence-corrected chi connectivity index (χ4v) is 1.93. The second-order valence-corrected chi connectivity index (χ2v) is 4.67. The summed E-state index contributed by atoms with van der Waals surface area (Å²) in [5.41, 5.74) is 7.19. The van der Waals surface area contributed by atoms with Crippen molar-refractivity contribution in [3.63, 3.8) is 0 Å². The lowest BCUT2D eigenvalue weighted by Gasteiger charge is -2.21. The van der Waals surface area contributed by atoms with Crippen molar-refractivity contribution < 1.29 is 14.2 Å². The normalized spacial score (nSPS) is 24.6. The molecule has 2 rings (SSSR count).